The van der Waals surface area contributed by atoms with E-state index in [1.165, 1.54) is 18.1 Å². The number of benzene rings is 2. The molecular weight excluding hydrogens is 522 g/mol. The second-order valence-electron chi connectivity index (χ2n) is 8.05. The number of rotatable bonds is 7. The predicted octanol–water partition coefficient (Wildman–Crippen LogP) is 3.71. The number of sulfone groups is 1. The van der Waals surface area contributed by atoms with E-state index in [0.717, 1.165) is 17.3 Å². The van der Waals surface area contributed by atoms with Crippen LogP contribution in [0.2, 0.25) is 0 Å². The Morgan fingerprint density at radius 2 is 1.81 bits per heavy atom. The summed E-state index contributed by atoms with van der Waals surface area (Å²) in [5.41, 5.74) is 1.45. The summed E-state index contributed by atoms with van der Waals surface area (Å²) in [5.74, 6) is 0.339. The fourth-order valence-corrected chi connectivity index (χ4v) is 6.91. The summed E-state index contributed by atoms with van der Waals surface area (Å²) in [6.45, 7) is 0. The van der Waals surface area contributed by atoms with E-state index in [9.17, 15) is 18.0 Å². The highest BCUT2D eigenvalue weighted by atomic mass is 32.2. The quantitative estimate of drug-likeness (QED) is 0.223. The Kier molecular flexibility index (Phi) is 7.82. The van der Waals surface area contributed by atoms with Crippen LogP contribution in [0.25, 0.3) is 12.2 Å². The van der Waals surface area contributed by atoms with Gasteiger partial charge in [0.15, 0.2) is 21.3 Å². The van der Waals surface area contributed by atoms with Gasteiger partial charge in [-0.05, 0) is 54.0 Å². The van der Waals surface area contributed by atoms with E-state index in [1.54, 1.807) is 49.6 Å². The molecule has 0 aliphatic carbocycles. The lowest BCUT2D eigenvalue weighted by atomic mass is 10.1. The number of carbonyl (C=O) groups is 2. The first-order valence-electron chi connectivity index (χ1n) is 10.9. The van der Waals surface area contributed by atoms with Gasteiger partial charge >= 0.3 is 5.97 Å². The van der Waals surface area contributed by atoms with E-state index in [2.05, 4.69) is 0 Å². The zero-order chi connectivity index (χ0) is 25.9. The summed E-state index contributed by atoms with van der Waals surface area (Å²) < 4.78 is 39.9. The lowest BCUT2D eigenvalue weighted by Crippen LogP contribution is -2.39. The van der Waals surface area contributed by atoms with Crippen LogP contribution in [0.5, 0.6) is 17.2 Å². The number of thiocarbonyl (C=S) groups is 1. The Balaban J connectivity index is 1.45. The molecule has 2 aliphatic heterocycles. The van der Waals surface area contributed by atoms with E-state index in [-0.39, 0.29) is 23.2 Å². The molecule has 2 aliphatic rings. The van der Waals surface area contributed by atoms with Crippen LogP contribution in [0.4, 0.5) is 0 Å². The van der Waals surface area contributed by atoms with E-state index in [1.807, 2.05) is 12.1 Å². The van der Waals surface area contributed by atoms with Crippen LogP contribution in [-0.4, -0.2) is 61.3 Å². The molecule has 0 N–H and O–H groups in total. The van der Waals surface area contributed by atoms with Crippen LogP contribution < -0.4 is 14.2 Å². The predicted molar refractivity (Wildman–Crippen MR) is 143 cm³/mol. The van der Waals surface area contributed by atoms with Crippen molar-refractivity contribution >= 4 is 62.2 Å². The highest BCUT2D eigenvalue weighted by Gasteiger charge is 2.42. The summed E-state index contributed by atoms with van der Waals surface area (Å²) in [5, 5.41) is 0. The molecule has 4 rings (SSSR count). The maximum atomic E-state index is 12.9. The van der Waals surface area contributed by atoms with Gasteiger partial charge in [-0.2, -0.15) is 0 Å². The first-order chi connectivity index (χ1) is 17.2. The zero-order valence-electron chi connectivity index (χ0n) is 19.5. The number of amides is 1. The van der Waals surface area contributed by atoms with E-state index < -0.39 is 21.8 Å². The van der Waals surface area contributed by atoms with Gasteiger partial charge in [0.1, 0.15) is 10.1 Å². The zero-order valence-corrected chi connectivity index (χ0v) is 22.0. The van der Waals surface area contributed by atoms with Crippen molar-refractivity contribution in [2.75, 3.05) is 25.7 Å². The molecule has 2 saturated heterocycles. The van der Waals surface area contributed by atoms with Gasteiger partial charge in [-0.3, -0.25) is 9.69 Å². The number of nitrogens with zero attached hydrogens (tertiary/aromatic N) is 1. The van der Waals surface area contributed by atoms with Crippen LogP contribution in [0.3, 0.4) is 0 Å². The van der Waals surface area contributed by atoms with Gasteiger partial charge < -0.3 is 14.2 Å². The fraction of sp³-hybridized carbons (Fsp3) is 0.240. The molecule has 8 nitrogen and oxygen atoms in total. The SMILES string of the molecule is COc1ccc(C=CC(=O)Oc2ccc(C=C3SC(=S)N(C4CCS(=O)(=O)C4)C3=O)cc2OC)cc1. The smallest absolute Gasteiger partial charge is 0.336 e. The van der Waals surface area contributed by atoms with Crippen LogP contribution >= 0.6 is 24.0 Å². The number of carbonyl (C=O) groups excluding carboxylic acids is 2. The van der Waals surface area contributed by atoms with Crippen molar-refractivity contribution in [3.63, 3.8) is 0 Å². The van der Waals surface area contributed by atoms with E-state index in [0.29, 0.717) is 32.7 Å². The lowest BCUT2D eigenvalue weighted by Gasteiger charge is -2.20. The van der Waals surface area contributed by atoms with E-state index >= 15 is 0 Å². The van der Waals surface area contributed by atoms with Gasteiger partial charge in [0.05, 0.1) is 36.7 Å². The van der Waals surface area contributed by atoms with Gasteiger partial charge in [-0.15, -0.1) is 0 Å². The molecular formula is C25H23NO7S3. The van der Waals surface area contributed by atoms with Crippen molar-refractivity contribution in [3.05, 3.63) is 64.6 Å². The number of hydrogen-bond donors (Lipinski definition) is 0. The van der Waals surface area contributed by atoms with Crippen LogP contribution in [0.1, 0.15) is 17.5 Å². The lowest BCUT2D eigenvalue weighted by molar-refractivity contribution is -0.129. The Morgan fingerprint density at radius 3 is 2.44 bits per heavy atom. The van der Waals surface area contributed by atoms with Gasteiger partial charge in [0.25, 0.3) is 5.91 Å². The minimum atomic E-state index is -3.15. The van der Waals surface area contributed by atoms with Crippen molar-refractivity contribution in [1.82, 2.24) is 4.90 Å². The third kappa shape index (κ3) is 5.97. The number of ether oxygens (including phenoxy) is 3. The molecule has 36 heavy (non-hydrogen) atoms. The normalized spacial score (nSPS) is 20.3. The second kappa shape index (κ2) is 10.9. The van der Waals surface area contributed by atoms with Crippen molar-refractivity contribution in [1.29, 1.82) is 0 Å². The molecule has 188 valence electrons. The second-order valence-corrected chi connectivity index (χ2v) is 12.0. The molecule has 2 aromatic rings. The molecule has 0 aromatic heterocycles. The van der Waals surface area contributed by atoms with Gasteiger partial charge in [0, 0.05) is 6.08 Å². The third-order valence-electron chi connectivity index (χ3n) is 5.62. The van der Waals surface area contributed by atoms with Crippen molar-refractivity contribution in [3.8, 4) is 17.2 Å². The third-order valence-corrected chi connectivity index (χ3v) is 8.70. The van der Waals surface area contributed by atoms with Gasteiger partial charge in [-0.1, -0.05) is 42.2 Å². The molecule has 11 heteroatoms. The highest BCUT2D eigenvalue weighted by molar-refractivity contribution is 8.26. The van der Waals surface area contributed by atoms with Crippen LogP contribution in [-0.2, 0) is 19.4 Å². The maximum absolute atomic E-state index is 12.9. The Labute approximate surface area is 218 Å². The fourth-order valence-electron chi connectivity index (χ4n) is 3.80. The van der Waals surface area contributed by atoms with E-state index in [4.69, 9.17) is 26.4 Å². The molecule has 1 unspecified atom stereocenters. The Bertz CT molecular complexity index is 1360. The first-order valence-corrected chi connectivity index (χ1v) is 13.9. The van der Waals surface area contributed by atoms with Gasteiger partial charge in [-0.25, -0.2) is 13.2 Å². The standard InChI is InChI=1S/C25H23NO7S3/c1-31-19-7-3-16(4-8-19)6-10-23(27)33-20-9-5-17(13-21(20)32-2)14-22-24(28)26(25(34)35-22)18-11-12-36(29,30)15-18/h3-10,13-14,18H,11-12,15H2,1-2H3. The average Bonchev–Trinajstić information content (AvgIpc) is 3.35. The number of hydrogen-bond acceptors (Lipinski definition) is 9. The average molecular weight is 546 g/mol. The Hall–Kier alpha value is -3.15. The summed E-state index contributed by atoms with van der Waals surface area (Å²) in [6.07, 6.45) is 4.97. The molecule has 1 atom stereocenters. The van der Waals surface area contributed by atoms with Crippen molar-refractivity contribution in [2.45, 2.75) is 12.5 Å². The number of thioether (sulfide) groups is 1. The molecule has 2 aromatic carbocycles. The minimum Gasteiger partial charge on any atom is -0.497 e. The molecule has 0 bridgehead atoms. The number of esters is 1. The first kappa shape index (κ1) is 25.9. The minimum absolute atomic E-state index is 0.0560. The molecule has 2 fully saturated rings. The summed E-state index contributed by atoms with van der Waals surface area (Å²) >= 11 is 6.48. The molecule has 0 saturated carbocycles. The Morgan fingerprint density at radius 1 is 1.08 bits per heavy atom. The summed E-state index contributed by atoms with van der Waals surface area (Å²) in [7, 11) is -0.125. The molecule has 1 amide bonds. The largest absolute Gasteiger partial charge is 0.497 e. The molecule has 0 spiro atoms. The van der Waals surface area contributed by atoms with Crippen molar-refractivity contribution in [2.24, 2.45) is 0 Å². The highest BCUT2D eigenvalue weighted by Crippen LogP contribution is 2.37. The van der Waals surface area contributed by atoms with Gasteiger partial charge in [0.2, 0.25) is 0 Å². The summed E-state index contributed by atoms with van der Waals surface area (Å²) in [4.78, 5) is 27.1. The van der Waals surface area contributed by atoms with Crippen LogP contribution in [0, 0.1) is 0 Å². The molecule has 2 heterocycles. The molecule has 0 radical (unpaired) electrons. The summed E-state index contributed by atoms with van der Waals surface area (Å²) in [6, 6.07) is 11.7. The monoisotopic (exact) mass is 545 g/mol. The van der Waals surface area contributed by atoms with Crippen molar-refractivity contribution < 1.29 is 32.2 Å². The van der Waals surface area contributed by atoms with Crippen LogP contribution in [0.15, 0.2) is 53.4 Å². The topological polar surface area (TPSA) is 99.2 Å². The number of methoxy groups -OCH3 is 2. The maximum Gasteiger partial charge on any atom is 0.336 e.